The average Bonchev–Trinajstić information content (AvgIpc) is 2.71. The largest absolute Gasteiger partial charge is 0.387 e. The summed E-state index contributed by atoms with van der Waals surface area (Å²) in [6.45, 7) is 10.4. The highest BCUT2D eigenvalue weighted by molar-refractivity contribution is 5.91. The lowest BCUT2D eigenvalue weighted by atomic mass is 9.87. The maximum Gasteiger partial charge on any atom is 0.0496 e. The van der Waals surface area contributed by atoms with Gasteiger partial charge in [-0.25, -0.2) is 0 Å². The van der Waals surface area contributed by atoms with E-state index in [4.69, 9.17) is 0 Å². The number of hydrogen-bond donors (Lipinski definition) is 1. The maximum atomic E-state index is 3.46. The molecule has 0 aliphatic heterocycles. The summed E-state index contributed by atoms with van der Waals surface area (Å²) < 4.78 is 0. The Hall–Kier alpha value is -2.54. The average molecular weight is 360 g/mol. The Morgan fingerprint density at radius 2 is 1.52 bits per heavy atom. The van der Waals surface area contributed by atoms with Crippen molar-refractivity contribution in [2.24, 2.45) is 0 Å². The van der Waals surface area contributed by atoms with Crippen molar-refractivity contribution < 1.29 is 0 Å². The molecule has 1 aliphatic carbocycles. The molecule has 0 heterocycles. The number of anilines is 1. The first kappa shape index (κ1) is 20.8. The second-order valence-corrected chi connectivity index (χ2v) is 6.77. The second-order valence-electron chi connectivity index (χ2n) is 6.77. The monoisotopic (exact) mass is 359 g/mol. The first-order chi connectivity index (χ1) is 13.1. The van der Waals surface area contributed by atoms with Gasteiger partial charge in [-0.2, -0.15) is 0 Å². The van der Waals surface area contributed by atoms with Crippen LogP contribution in [0.25, 0.3) is 22.8 Å². The van der Waals surface area contributed by atoms with Crippen molar-refractivity contribution in [3.8, 4) is 11.1 Å². The molecule has 0 fully saturated rings. The van der Waals surface area contributed by atoms with Gasteiger partial charge in [0.25, 0.3) is 0 Å². The zero-order valence-corrected chi connectivity index (χ0v) is 17.7. The molecule has 0 spiro atoms. The van der Waals surface area contributed by atoms with E-state index in [1.807, 2.05) is 20.9 Å². The van der Waals surface area contributed by atoms with Gasteiger partial charge in [0.15, 0.2) is 0 Å². The number of hydrogen-bond acceptors (Lipinski definition) is 1. The number of allylic oxidation sites excluding steroid dienone is 5. The lowest BCUT2D eigenvalue weighted by Gasteiger charge is -2.20. The Balaban J connectivity index is 0.00000126. The van der Waals surface area contributed by atoms with E-state index < -0.39 is 0 Å². The van der Waals surface area contributed by atoms with Crippen LogP contribution in [0.4, 0.5) is 5.69 Å². The normalized spacial score (nSPS) is 13.6. The maximum absolute atomic E-state index is 3.46. The minimum absolute atomic E-state index is 1.11. The lowest BCUT2D eigenvalue weighted by Crippen LogP contribution is -2.01. The topological polar surface area (TPSA) is 12.0 Å². The van der Waals surface area contributed by atoms with E-state index in [2.05, 4.69) is 86.8 Å². The van der Waals surface area contributed by atoms with Crippen molar-refractivity contribution in [1.29, 1.82) is 0 Å². The van der Waals surface area contributed by atoms with Crippen LogP contribution in [0, 0.1) is 6.92 Å². The molecular formula is C26H33N. The van der Waals surface area contributed by atoms with Crippen molar-refractivity contribution in [1.82, 2.24) is 0 Å². The molecule has 2 aromatic carbocycles. The van der Waals surface area contributed by atoms with Crippen molar-refractivity contribution in [2.75, 3.05) is 12.4 Å². The molecule has 3 rings (SSSR count). The zero-order valence-electron chi connectivity index (χ0n) is 17.7. The van der Waals surface area contributed by atoms with E-state index in [0.717, 1.165) is 12.8 Å². The third kappa shape index (κ3) is 4.80. The molecule has 0 radical (unpaired) electrons. The van der Waals surface area contributed by atoms with E-state index >= 15 is 0 Å². The highest BCUT2D eigenvalue weighted by Gasteiger charge is 2.15. The van der Waals surface area contributed by atoms with Gasteiger partial charge < -0.3 is 5.32 Å². The Labute approximate surface area is 165 Å². The summed E-state index contributed by atoms with van der Waals surface area (Å²) in [7, 11) is 2.02. The van der Waals surface area contributed by atoms with Crippen LogP contribution in [0.5, 0.6) is 0 Å². The van der Waals surface area contributed by atoms with Gasteiger partial charge >= 0.3 is 0 Å². The zero-order chi connectivity index (χ0) is 19.8. The standard InChI is InChI=1S/C24H27N.C2H6/c1-5-6-23-21(19-11-7-17(2)8-12-19)15-16-22(24(23)25-4)20-13-9-18(3)10-14-20;1-2/h5-7,9-11,13-16,25H,8,12H2,1-4H3;1-2H3/b6-5-;. The molecule has 0 saturated carbocycles. The fourth-order valence-corrected chi connectivity index (χ4v) is 3.45. The molecule has 0 bridgehead atoms. The van der Waals surface area contributed by atoms with Gasteiger partial charge in [-0.1, -0.05) is 85.7 Å². The summed E-state index contributed by atoms with van der Waals surface area (Å²) in [6, 6.07) is 13.3. The Bertz CT molecular complexity index is 849. The number of benzene rings is 2. The molecule has 0 atom stereocenters. The molecule has 1 heteroatoms. The first-order valence-corrected chi connectivity index (χ1v) is 10.0. The van der Waals surface area contributed by atoms with Crippen LogP contribution in [0.15, 0.2) is 60.2 Å². The van der Waals surface area contributed by atoms with E-state index in [9.17, 15) is 0 Å². The predicted molar refractivity (Wildman–Crippen MR) is 123 cm³/mol. The molecule has 1 nitrogen and oxygen atoms in total. The van der Waals surface area contributed by atoms with E-state index in [1.54, 1.807) is 0 Å². The van der Waals surface area contributed by atoms with Crippen molar-refractivity contribution in [2.45, 2.75) is 47.5 Å². The number of nitrogens with one attached hydrogen (secondary N) is 1. The molecule has 2 aromatic rings. The molecule has 0 saturated heterocycles. The SMILES string of the molecule is C/C=C\c1c(C2=CC=C(C)CC2)ccc(-c2ccc(C)cc2)c1NC.CC. The molecule has 142 valence electrons. The highest BCUT2D eigenvalue weighted by atomic mass is 14.8. The predicted octanol–water partition coefficient (Wildman–Crippen LogP) is 7.89. The summed E-state index contributed by atoms with van der Waals surface area (Å²) in [4.78, 5) is 0. The highest BCUT2D eigenvalue weighted by Crippen LogP contribution is 2.38. The fourth-order valence-electron chi connectivity index (χ4n) is 3.45. The van der Waals surface area contributed by atoms with Gasteiger partial charge in [-0.05, 0) is 50.3 Å². The van der Waals surface area contributed by atoms with Crippen LogP contribution in [-0.2, 0) is 0 Å². The van der Waals surface area contributed by atoms with E-state index in [1.165, 1.54) is 44.7 Å². The van der Waals surface area contributed by atoms with Gasteiger partial charge in [0.1, 0.15) is 0 Å². The third-order valence-electron chi connectivity index (χ3n) is 4.90. The van der Waals surface area contributed by atoms with Crippen molar-refractivity contribution in [3.05, 3.63) is 76.9 Å². The molecule has 1 N–H and O–H groups in total. The van der Waals surface area contributed by atoms with Crippen LogP contribution < -0.4 is 5.32 Å². The lowest BCUT2D eigenvalue weighted by molar-refractivity contribution is 0.976. The Kier molecular flexibility index (Phi) is 7.67. The quantitative estimate of drug-likeness (QED) is 0.585. The number of rotatable bonds is 4. The molecular weight excluding hydrogens is 326 g/mol. The van der Waals surface area contributed by atoms with Crippen LogP contribution in [0.2, 0.25) is 0 Å². The van der Waals surface area contributed by atoms with Crippen LogP contribution in [-0.4, -0.2) is 7.05 Å². The van der Waals surface area contributed by atoms with Gasteiger partial charge in [-0.15, -0.1) is 0 Å². The second kappa shape index (κ2) is 9.97. The first-order valence-electron chi connectivity index (χ1n) is 10.0. The smallest absolute Gasteiger partial charge is 0.0496 e. The van der Waals surface area contributed by atoms with Crippen molar-refractivity contribution >= 4 is 17.3 Å². The molecule has 0 unspecified atom stereocenters. The van der Waals surface area contributed by atoms with Crippen LogP contribution in [0.1, 0.15) is 57.2 Å². The minimum Gasteiger partial charge on any atom is -0.387 e. The van der Waals surface area contributed by atoms with Crippen LogP contribution >= 0.6 is 0 Å². The van der Waals surface area contributed by atoms with Gasteiger partial charge in [0, 0.05) is 23.9 Å². The van der Waals surface area contributed by atoms with Gasteiger partial charge in [-0.3, -0.25) is 0 Å². The number of aryl methyl sites for hydroxylation is 1. The molecule has 0 amide bonds. The summed E-state index contributed by atoms with van der Waals surface area (Å²) in [5, 5.41) is 3.46. The minimum atomic E-state index is 1.11. The summed E-state index contributed by atoms with van der Waals surface area (Å²) in [5.74, 6) is 0. The third-order valence-corrected chi connectivity index (χ3v) is 4.90. The summed E-state index contributed by atoms with van der Waals surface area (Å²) in [6.07, 6.45) is 11.2. The van der Waals surface area contributed by atoms with Gasteiger partial charge in [0.05, 0.1) is 0 Å². The van der Waals surface area contributed by atoms with Crippen LogP contribution in [0.3, 0.4) is 0 Å². The summed E-state index contributed by atoms with van der Waals surface area (Å²) >= 11 is 0. The van der Waals surface area contributed by atoms with E-state index in [-0.39, 0.29) is 0 Å². The van der Waals surface area contributed by atoms with E-state index in [0.29, 0.717) is 0 Å². The Morgan fingerprint density at radius 1 is 0.852 bits per heavy atom. The van der Waals surface area contributed by atoms with Crippen molar-refractivity contribution in [3.63, 3.8) is 0 Å². The fraction of sp³-hybridized carbons (Fsp3) is 0.308. The van der Waals surface area contributed by atoms with Gasteiger partial charge in [0.2, 0.25) is 0 Å². The Morgan fingerprint density at radius 3 is 2.07 bits per heavy atom. The summed E-state index contributed by atoms with van der Waals surface area (Å²) in [5.41, 5.74) is 10.5. The molecule has 1 aliphatic rings. The molecule has 0 aromatic heterocycles. The molecule has 27 heavy (non-hydrogen) atoms.